The molecule has 1 amide bonds. The maximum absolute atomic E-state index is 11.2. The maximum Gasteiger partial charge on any atom is 0.292 e. The molecule has 7 heteroatoms. The molecule has 0 aliphatic rings. The number of hydrogen-bond acceptors (Lipinski definition) is 5. The Morgan fingerprint density at radius 3 is 2.70 bits per heavy atom. The Morgan fingerprint density at radius 2 is 2.20 bits per heavy atom. The smallest absolute Gasteiger partial charge is 0.292 e. The van der Waals surface area contributed by atoms with Gasteiger partial charge in [0.15, 0.2) is 0 Å². The number of hydrogen-bond donors (Lipinski definition) is 3. The molecular formula is C13H20N4O3. The van der Waals surface area contributed by atoms with E-state index < -0.39 is 10.8 Å². The van der Waals surface area contributed by atoms with E-state index in [-0.39, 0.29) is 23.0 Å². The van der Waals surface area contributed by atoms with E-state index in [9.17, 15) is 14.9 Å². The molecule has 0 aromatic heterocycles. The second-order valence-corrected chi connectivity index (χ2v) is 4.57. The molecule has 1 aromatic carbocycles. The Kier molecular flexibility index (Phi) is 5.92. The van der Waals surface area contributed by atoms with E-state index in [1.165, 1.54) is 18.2 Å². The fourth-order valence-electron chi connectivity index (χ4n) is 1.88. The number of benzene rings is 1. The third-order valence-corrected chi connectivity index (χ3v) is 3.03. The molecule has 0 saturated heterocycles. The van der Waals surface area contributed by atoms with E-state index in [2.05, 4.69) is 12.2 Å². The molecule has 0 heterocycles. The van der Waals surface area contributed by atoms with E-state index in [0.717, 1.165) is 19.3 Å². The Hall–Kier alpha value is -2.15. The summed E-state index contributed by atoms with van der Waals surface area (Å²) >= 11 is 0. The Balaban J connectivity index is 3.02. The molecular weight excluding hydrogens is 260 g/mol. The fourth-order valence-corrected chi connectivity index (χ4v) is 1.88. The van der Waals surface area contributed by atoms with Crippen molar-refractivity contribution in [3.63, 3.8) is 0 Å². The van der Waals surface area contributed by atoms with Crippen molar-refractivity contribution in [1.82, 2.24) is 0 Å². The van der Waals surface area contributed by atoms with Crippen LogP contribution in [0, 0.1) is 10.1 Å². The summed E-state index contributed by atoms with van der Waals surface area (Å²) < 4.78 is 0. The van der Waals surface area contributed by atoms with Crippen molar-refractivity contribution in [2.75, 3.05) is 11.9 Å². The van der Waals surface area contributed by atoms with Crippen LogP contribution in [0.15, 0.2) is 18.2 Å². The standard InChI is InChI=1S/C13H20N4O3/c1-2-3-4-10(8-14)16-11-7-9(13(15)18)5-6-12(11)17(19)20/h5-7,10,16H,2-4,8,14H2,1H3,(H2,15,18). The molecule has 110 valence electrons. The molecule has 0 radical (unpaired) electrons. The van der Waals surface area contributed by atoms with E-state index in [4.69, 9.17) is 11.5 Å². The van der Waals surface area contributed by atoms with Crippen molar-refractivity contribution in [3.8, 4) is 0 Å². The zero-order valence-electron chi connectivity index (χ0n) is 11.5. The van der Waals surface area contributed by atoms with Crippen LogP contribution in [0.1, 0.15) is 36.5 Å². The molecule has 0 bridgehead atoms. The molecule has 1 aromatic rings. The van der Waals surface area contributed by atoms with Crippen molar-refractivity contribution < 1.29 is 9.72 Å². The molecule has 1 atom stereocenters. The second kappa shape index (κ2) is 7.44. The van der Waals surface area contributed by atoms with E-state index in [0.29, 0.717) is 6.54 Å². The molecule has 1 unspecified atom stereocenters. The second-order valence-electron chi connectivity index (χ2n) is 4.57. The van der Waals surface area contributed by atoms with Gasteiger partial charge in [0.2, 0.25) is 5.91 Å². The highest BCUT2D eigenvalue weighted by atomic mass is 16.6. The zero-order valence-corrected chi connectivity index (χ0v) is 11.5. The molecule has 5 N–H and O–H groups in total. The Morgan fingerprint density at radius 1 is 1.50 bits per heavy atom. The number of rotatable bonds is 8. The summed E-state index contributed by atoms with van der Waals surface area (Å²) in [6, 6.07) is 3.94. The predicted octanol–water partition coefficient (Wildman–Crippen LogP) is 1.62. The van der Waals surface area contributed by atoms with Crippen LogP contribution in [0.3, 0.4) is 0 Å². The zero-order chi connectivity index (χ0) is 15.1. The third-order valence-electron chi connectivity index (χ3n) is 3.03. The maximum atomic E-state index is 11.2. The molecule has 20 heavy (non-hydrogen) atoms. The summed E-state index contributed by atoms with van der Waals surface area (Å²) in [6.07, 6.45) is 2.80. The Labute approximate surface area is 117 Å². The first kappa shape index (κ1) is 15.9. The van der Waals surface area contributed by atoms with Gasteiger partial charge >= 0.3 is 0 Å². The largest absolute Gasteiger partial charge is 0.375 e. The van der Waals surface area contributed by atoms with Crippen molar-refractivity contribution >= 4 is 17.3 Å². The van der Waals surface area contributed by atoms with Crippen LogP contribution in [0.4, 0.5) is 11.4 Å². The normalized spacial score (nSPS) is 11.9. The van der Waals surface area contributed by atoms with Crippen LogP contribution in [0.25, 0.3) is 0 Å². The molecule has 0 aliphatic carbocycles. The third kappa shape index (κ3) is 4.20. The number of nitro groups is 1. The van der Waals surface area contributed by atoms with Crippen LogP contribution in [-0.2, 0) is 0 Å². The molecule has 7 nitrogen and oxygen atoms in total. The van der Waals surface area contributed by atoms with Gasteiger partial charge in [-0.15, -0.1) is 0 Å². The van der Waals surface area contributed by atoms with Crippen LogP contribution < -0.4 is 16.8 Å². The highest BCUT2D eigenvalue weighted by molar-refractivity contribution is 5.94. The van der Waals surface area contributed by atoms with Crippen molar-refractivity contribution in [3.05, 3.63) is 33.9 Å². The number of nitrogens with zero attached hydrogens (tertiary/aromatic N) is 1. The van der Waals surface area contributed by atoms with Gasteiger partial charge in [0.25, 0.3) is 5.69 Å². The molecule has 1 rings (SSSR count). The lowest BCUT2D eigenvalue weighted by molar-refractivity contribution is -0.384. The first-order chi connectivity index (χ1) is 9.49. The molecule has 0 fully saturated rings. The average Bonchev–Trinajstić information content (AvgIpc) is 2.42. The topological polar surface area (TPSA) is 124 Å². The summed E-state index contributed by atoms with van der Waals surface area (Å²) in [5, 5.41) is 14.0. The number of primary amides is 1. The van der Waals surface area contributed by atoms with Gasteiger partial charge in [0, 0.05) is 24.2 Å². The minimum absolute atomic E-state index is 0.0724. The number of nitro benzene ring substituents is 1. The lowest BCUT2D eigenvalue weighted by Crippen LogP contribution is -2.29. The number of nitrogens with one attached hydrogen (secondary N) is 1. The molecule has 0 aliphatic heterocycles. The van der Waals surface area contributed by atoms with Gasteiger partial charge in [0.05, 0.1) is 4.92 Å². The van der Waals surface area contributed by atoms with Crippen LogP contribution >= 0.6 is 0 Å². The number of carbonyl (C=O) groups is 1. The van der Waals surface area contributed by atoms with Crippen molar-refractivity contribution in [2.24, 2.45) is 11.5 Å². The monoisotopic (exact) mass is 280 g/mol. The number of carbonyl (C=O) groups excluding carboxylic acids is 1. The quantitative estimate of drug-likeness (QED) is 0.493. The number of amides is 1. The predicted molar refractivity (Wildman–Crippen MR) is 77.6 cm³/mol. The van der Waals surface area contributed by atoms with Gasteiger partial charge in [-0.2, -0.15) is 0 Å². The number of unbranched alkanes of at least 4 members (excludes halogenated alkanes) is 1. The lowest BCUT2D eigenvalue weighted by atomic mass is 10.1. The average molecular weight is 280 g/mol. The van der Waals surface area contributed by atoms with Gasteiger partial charge < -0.3 is 16.8 Å². The van der Waals surface area contributed by atoms with Crippen LogP contribution in [0.5, 0.6) is 0 Å². The number of nitrogens with two attached hydrogens (primary N) is 2. The molecule has 0 spiro atoms. The minimum atomic E-state index is -0.624. The molecule has 0 saturated carbocycles. The van der Waals surface area contributed by atoms with Gasteiger partial charge in [-0.3, -0.25) is 14.9 Å². The van der Waals surface area contributed by atoms with Crippen LogP contribution in [0.2, 0.25) is 0 Å². The summed E-state index contributed by atoms with van der Waals surface area (Å²) in [5.74, 6) is -0.624. The van der Waals surface area contributed by atoms with Crippen molar-refractivity contribution in [2.45, 2.75) is 32.2 Å². The van der Waals surface area contributed by atoms with Gasteiger partial charge in [0.1, 0.15) is 5.69 Å². The summed E-state index contributed by atoms with van der Waals surface area (Å²) in [7, 11) is 0. The minimum Gasteiger partial charge on any atom is -0.375 e. The number of anilines is 1. The SMILES string of the molecule is CCCCC(CN)Nc1cc(C(N)=O)ccc1[N+](=O)[O-]. The summed E-state index contributed by atoms with van der Waals surface area (Å²) in [5.41, 5.74) is 11.3. The van der Waals surface area contributed by atoms with E-state index >= 15 is 0 Å². The van der Waals surface area contributed by atoms with Gasteiger partial charge in [-0.25, -0.2) is 0 Å². The van der Waals surface area contributed by atoms with E-state index in [1.54, 1.807) is 0 Å². The first-order valence-corrected chi connectivity index (χ1v) is 6.54. The highest BCUT2D eigenvalue weighted by Gasteiger charge is 2.18. The highest BCUT2D eigenvalue weighted by Crippen LogP contribution is 2.26. The Bertz CT molecular complexity index is 491. The van der Waals surface area contributed by atoms with Gasteiger partial charge in [-0.05, 0) is 18.6 Å². The summed E-state index contributed by atoms with van der Waals surface area (Å²) in [4.78, 5) is 21.7. The summed E-state index contributed by atoms with van der Waals surface area (Å²) in [6.45, 7) is 2.42. The fraction of sp³-hybridized carbons (Fsp3) is 0.462. The van der Waals surface area contributed by atoms with Crippen molar-refractivity contribution in [1.29, 1.82) is 0 Å². The first-order valence-electron chi connectivity index (χ1n) is 6.54. The van der Waals surface area contributed by atoms with Gasteiger partial charge in [-0.1, -0.05) is 19.8 Å². The van der Waals surface area contributed by atoms with Crippen LogP contribution in [-0.4, -0.2) is 23.4 Å². The lowest BCUT2D eigenvalue weighted by Gasteiger charge is -2.18. The van der Waals surface area contributed by atoms with E-state index in [1.807, 2.05) is 0 Å².